The van der Waals surface area contributed by atoms with E-state index in [-0.39, 0.29) is 11.8 Å². The summed E-state index contributed by atoms with van der Waals surface area (Å²) in [5.74, 6) is -0.196. The lowest BCUT2D eigenvalue weighted by molar-refractivity contribution is -0.117. The fourth-order valence-electron chi connectivity index (χ4n) is 3.42. The van der Waals surface area contributed by atoms with Gasteiger partial charge in [0.15, 0.2) is 0 Å². The van der Waals surface area contributed by atoms with Crippen molar-refractivity contribution in [2.75, 3.05) is 48.3 Å². The SMILES string of the molecule is CC(=O)Nc1cccc(NC(=O)CN2CCN(c3c(C)n[nH]c3C)CC2)c1. The second kappa shape index (κ2) is 8.22. The standard InChI is InChI=1S/C19H26N6O2/c1-13-19(14(2)23-22-13)25-9-7-24(8-10-25)12-18(27)21-17-6-4-5-16(11-17)20-15(3)26/h4-6,11H,7-10,12H2,1-3H3,(H,20,26)(H,21,27)(H,22,23). The van der Waals surface area contributed by atoms with Gasteiger partial charge in [-0.3, -0.25) is 19.6 Å². The molecule has 2 heterocycles. The van der Waals surface area contributed by atoms with E-state index in [0.29, 0.717) is 17.9 Å². The molecule has 1 aliphatic rings. The number of benzene rings is 1. The molecule has 1 aromatic carbocycles. The number of amides is 2. The van der Waals surface area contributed by atoms with Crippen molar-refractivity contribution < 1.29 is 9.59 Å². The topological polar surface area (TPSA) is 93.4 Å². The smallest absolute Gasteiger partial charge is 0.238 e. The average Bonchev–Trinajstić information content (AvgIpc) is 2.94. The fourth-order valence-corrected chi connectivity index (χ4v) is 3.42. The predicted octanol–water partition coefficient (Wildman–Crippen LogP) is 1.75. The van der Waals surface area contributed by atoms with Crippen LogP contribution in [-0.2, 0) is 9.59 Å². The van der Waals surface area contributed by atoms with Crippen molar-refractivity contribution in [3.8, 4) is 0 Å². The second-order valence-corrected chi connectivity index (χ2v) is 6.86. The summed E-state index contributed by atoms with van der Waals surface area (Å²) in [5.41, 5.74) is 4.61. The van der Waals surface area contributed by atoms with Crippen molar-refractivity contribution in [3.63, 3.8) is 0 Å². The number of H-pyrrole nitrogens is 1. The molecule has 2 aromatic rings. The van der Waals surface area contributed by atoms with Gasteiger partial charge in [0.25, 0.3) is 0 Å². The lowest BCUT2D eigenvalue weighted by atomic mass is 10.2. The van der Waals surface area contributed by atoms with E-state index in [1.54, 1.807) is 18.2 Å². The Hall–Kier alpha value is -2.87. The number of piperazine rings is 1. The Labute approximate surface area is 158 Å². The number of nitrogens with one attached hydrogen (secondary N) is 3. The highest BCUT2D eigenvalue weighted by molar-refractivity contribution is 5.94. The predicted molar refractivity (Wildman–Crippen MR) is 106 cm³/mol. The summed E-state index contributed by atoms with van der Waals surface area (Å²) >= 11 is 0. The van der Waals surface area contributed by atoms with Crippen LogP contribution >= 0.6 is 0 Å². The molecule has 0 spiro atoms. The molecule has 0 saturated carbocycles. The van der Waals surface area contributed by atoms with Gasteiger partial charge in [-0.1, -0.05) is 6.07 Å². The number of aromatic nitrogens is 2. The van der Waals surface area contributed by atoms with Crippen molar-refractivity contribution >= 4 is 28.9 Å². The van der Waals surface area contributed by atoms with Crippen LogP contribution in [0.5, 0.6) is 0 Å². The zero-order valence-electron chi connectivity index (χ0n) is 16.0. The van der Waals surface area contributed by atoms with Crippen molar-refractivity contribution in [2.45, 2.75) is 20.8 Å². The van der Waals surface area contributed by atoms with Gasteiger partial charge >= 0.3 is 0 Å². The van der Waals surface area contributed by atoms with Crippen LogP contribution in [0.2, 0.25) is 0 Å². The summed E-state index contributed by atoms with van der Waals surface area (Å²) in [4.78, 5) is 28.0. The van der Waals surface area contributed by atoms with Gasteiger partial charge in [0.05, 0.1) is 23.6 Å². The second-order valence-electron chi connectivity index (χ2n) is 6.86. The Bertz CT molecular complexity index is 804. The van der Waals surface area contributed by atoms with E-state index in [1.165, 1.54) is 12.6 Å². The van der Waals surface area contributed by atoms with E-state index in [4.69, 9.17) is 0 Å². The highest BCUT2D eigenvalue weighted by Crippen LogP contribution is 2.23. The molecule has 144 valence electrons. The van der Waals surface area contributed by atoms with Crippen LogP contribution in [0, 0.1) is 13.8 Å². The van der Waals surface area contributed by atoms with Crippen LogP contribution < -0.4 is 15.5 Å². The molecule has 0 radical (unpaired) electrons. The van der Waals surface area contributed by atoms with Crippen LogP contribution in [0.15, 0.2) is 24.3 Å². The molecule has 0 bridgehead atoms. The zero-order chi connectivity index (χ0) is 19.4. The maximum atomic E-state index is 12.4. The lowest BCUT2D eigenvalue weighted by Crippen LogP contribution is -2.49. The molecule has 1 aliphatic heterocycles. The molecule has 2 amide bonds. The number of carbonyl (C=O) groups excluding carboxylic acids is 2. The van der Waals surface area contributed by atoms with Gasteiger partial charge in [0, 0.05) is 44.5 Å². The number of hydrogen-bond donors (Lipinski definition) is 3. The third-order valence-corrected chi connectivity index (χ3v) is 4.61. The maximum Gasteiger partial charge on any atom is 0.238 e. The first-order chi connectivity index (χ1) is 12.9. The number of rotatable bonds is 5. The molecule has 0 unspecified atom stereocenters. The van der Waals surface area contributed by atoms with Crippen molar-refractivity contribution in [1.29, 1.82) is 0 Å². The number of aryl methyl sites for hydroxylation is 2. The summed E-state index contributed by atoms with van der Waals surface area (Å²) in [5, 5.41) is 12.9. The molecule has 3 rings (SSSR count). The van der Waals surface area contributed by atoms with Crippen LogP contribution in [-0.4, -0.2) is 59.6 Å². The van der Waals surface area contributed by atoms with Crippen molar-refractivity contribution in [3.05, 3.63) is 35.7 Å². The number of hydrogen-bond acceptors (Lipinski definition) is 5. The molecule has 8 heteroatoms. The molecule has 8 nitrogen and oxygen atoms in total. The molecule has 1 saturated heterocycles. The first kappa shape index (κ1) is 18.9. The van der Waals surface area contributed by atoms with Gasteiger partial charge in [-0.05, 0) is 32.0 Å². The molecule has 0 aliphatic carbocycles. The summed E-state index contributed by atoms with van der Waals surface area (Å²) in [6, 6.07) is 7.15. The van der Waals surface area contributed by atoms with Crippen molar-refractivity contribution in [2.24, 2.45) is 0 Å². The van der Waals surface area contributed by atoms with Gasteiger partial charge in [0.2, 0.25) is 11.8 Å². The highest BCUT2D eigenvalue weighted by atomic mass is 16.2. The maximum absolute atomic E-state index is 12.4. The Balaban J connectivity index is 1.50. The minimum atomic E-state index is -0.139. The van der Waals surface area contributed by atoms with Gasteiger partial charge in [-0.25, -0.2) is 0 Å². The first-order valence-electron chi connectivity index (χ1n) is 9.09. The summed E-state index contributed by atoms with van der Waals surface area (Å²) < 4.78 is 0. The quantitative estimate of drug-likeness (QED) is 0.746. The first-order valence-corrected chi connectivity index (χ1v) is 9.09. The van der Waals surface area contributed by atoms with Crippen LogP contribution in [0.1, 0.15) is 18.3 Å². The highest BCUT2D eigenvalue weighted by Gasteiger charge is 2.22. The molecule has 0 atom stereocenters. The third-order valence-electron chi connectivity index (χ3n) is 4.61. The minimum Gasteiger partial charge on any atom is -0.366 e. The normalized spacial score (nSPS) is 14.9. The minimum absolute atomic E-state index is 0.0564. The Morgan fingerprint density at radius 2 is 1.78 bits per heavy atom. The molecule has 3 N–H and O–H groups in total. The zero-order valence-corrected chi connectivity index (χ0v) is 16.0. The van der Waals surface area contributed by atoms with Gasteiger partial charge in [-0.15, -0.1) is 0 Å². The van der Waals surface area contributed by atoms with Gasteiger partial charge in [0.1, 0.15) is 0 Å². The van der Waals surface area contributed by atoms with E-state index in [1.807, 2.05) is 19.9 Å². The summed E-state index contributed by atoms with van der Waals surface area (Å²) in [6.07, 6.45) is 0. The third kappa shape index (κ3) is 4.85. The van der Waals surface area contributed by atoms with E-state index in [2.05, 4.69) is 30.6 Å². The van der Waals surface area contributed by atoms with E-state index < -0.39 is 0 Å². The fraction of sp³-hybridized carbons (Fsp3) is 0.421. The van der Waals surface area contributed by atoms with Crippen LogP contribution in [0.3, 0.4) is 0 Å². The molecule has 27 heavy (non-hydrogen) atoms. The average molecular weight is 370 g/mol. The van der Waals surface area contributed by atoms with Crippen LogP contribution in [0.4, 0.5) is 17.1 Å². The molecule has 1 aromatic heterocycles. The Kier molecular flexibility index (Phi) is 5.75. The number of nitrogens with zero attached hydrogens (tertiary/aromatic N) is 3. The molecular formula is C19H26N6O2. The summed E-state index contributed by atoms with van der Waals surface area (Å²) in [6.45, 7) is 9.22. The van der Waals surface area contributed by atoms with Crippen LogP contribution in [0.25, 0.3) is 0 Å². The monoisotopic (exact) mass is 370 g/mol. The molecular weight excluding hydrogens is 344 g/mol. The largest absolute Gasteiger partial charge is 0.366 e. The Morgan fingerprint density at radius 3 is 2.37 bits per heavy atom. The van der Waals surface area contributed by atoms with Gasteiger partial charge < -0.3 is 15.5 Å². The van der Waals surface area contributed by atoms with Gasteiger partial charge in [-0.2, -0.15) is 5.10 Å². The number of carbonyl (C=O) groups is 2. The summed E-state index contributed by atoms with van der Waals surface area (Å²) in [7, 11) is 0. The molecule has 1 fully saturated rings. The number of anilines is 3. The number of aromatic amines is 1. The van der Waals surface area contributed by atoms with E-state index in [9.17, 15) is 9.59 Å². The lowest BCUT2D eigenvalue weighted by Gasteiger charge is -2.35. The van der Waals surface area contributed by atoms with E-state index in [0.717, 1.165) is 37.6 Å². The van der Waals surface area contributed by atoms with E-state index >= 15 is 0 Å². The Morgan fingerprint density at radius 1 is 1.11 bits per heavy atom. The van der Waals surface area contributed by atoms with Crippen molar-refractivity contribution in [1.82, 2.24) is 15.1 Å².